The van der Waals surface area contributed by atoms with E-state index < -0.39 is 0 Å². The van der Waals surface area contributed by atoms with Crippen LogP contribution in [0.2, 0.25) is 0 Å². The largest absolute Gasteiger partial charge is 0.378 e. The number of thioether (sulfide) groups is 1. The van der Waals surface area contributed by atoms with E-state index in [1.165, 1.54) is 5.56 Å². The van der Waals surface area contributed by atoms with Gasteiger partial charge in [0.2, 0.25) is 5.91 Å². The molecule has 0 aliphatic carbocycles. The molecule has 216 valence electrons. The molecule has 2 amide bonds. The van der Waals surface area contributed by atoms with E-state index in [1.807, 2.05) is 35.2 Å². The van der Waals surface area contributed by atoms with Gasteiger partial charge in [-0.25, -0.2) is 9.97 Å². The number of hydrogen-bond donors (Lipinski definition) is 0. The van der Waals surface area contributed by atoms with Crippen molar-refractivity contribution in [3.8, 4) is 0 Å². The maximum atomic E-state index is 12.9. The number of benzene rings is 2. The number of rotatable bonds is 9. The van der Waals surface area contributed by atoms with Gasteiger partial charge >= 0.3 is 0 Å². The first-order valence-corrected chi connectivity index (χ1v) is 15.1. The summed E-state index contributed by atoms with van der Waals surface area (Å²) in [5, 5.41) is 0.727. The van der Waals surface area contributed by atoms with E-state index >= 15 is 0 Å². The molecule has 0 radical (unpaired) electrons. The molecule has 0 bridgehead atoms. The Morgan fingerprint density at radius 3 is 2.17 bits per heavy atom. The fourth-order valence-electron chi connectivity index (χ4n) is 5.18. The van der Waals surface area contributed by atoms with Gasteiger partial charge in [0.15, 0.2) is 5.16 Å². The van der Waals surface area contributed by atoms with E-state index in [9.17, 15) is 9.59 Å². The molecule has 3 heterocycles. The van der Waals surface area contributed by atoms with Gasteiger partial charge in [-0.1, -0.05) is 54.2 Å². The number of aromatic nitrogens is 2. The van der Waals surface area contributed by atoms with Crippen LogP contribution in [0.1, 0.15) is 34.1 Å². The van der Waals surface area contributed by atoms with Crippen LogP contribution in [0, 0.1) is 0 Å². The van der Waals surface area contributed by atoms with E-state index in [1.54, 1.807) is 30.7 Å². The quantitative estimate of drug-likeness (QED) is 0.284. The summed E-state index contributed by atoms with van der Waals surface area (Å²) in [6.45, 7) is 9.08. The molecular formula is C31H38N6O3S. The number of ether oxygens (including phenoxy) is 1. The zero-order chi connectivity index (χ0) is 28.6. The molecule has 2 aliphatic rings. The molecule has 5 rings (SSSR count). The fraction of sp³-hybridized carbons (Fsp3) is 0.419. The van der Waals surface area contributed by atoms with Gasteiger partial charge in [-0.15, -0.1) is 0 Å². The molecule has 0 N–H and O–H groups in total. The first kappa shape index (κ1) is 29.0. The highest BCUT2D eigenvalue weighted by Gasteiger charge is 2.23. The number of carbonyl (C=O) groups is 2. The number of hydrogen-bond acceptors (Lipinski definition) is 8. The third kappa shape index (κ3) is 7.84. The summed E-state index contributed by atoms with van der Waals surface area (Å²) in [5.41, 5.74) is 3.98. The van der Waals surface area contributed by atoms with Crippen LogP contribution < -0.4 is 4.90 Å². The van der Waals surface area contributed by atoms with Gasteiger partial charge in [0.05, 0.1) is 12.3 Å². The van der Waals surface area contributed by atoms with Crippen molar-refractivity contribution in [2.24, 2.45) is 0 Å². The predicted octanol–water partition coefficient (Wildman–Crippen LogP) is 3.54. The van der Waals surface area contributed by atoms with Crippen LogP contribution in [-0.4, -0.2) is 95.9 Å². The van der Waals surface area contributed by atoms with Crippen LogP contribution in [-0.2, 0) is 28.4 Å². The third-order valence-corrected chi connectivity index (χ3v) is 8.48. The zero-order valence-electron chi connectivity index (χ0n) is 23.9. The lowest BCUT2D eigenvalue weighted by atomic mass is 10.1. The zero-order valence-corrected chi connectivity index (χ0v) is 24.7. The number of nitrogens with zero attached hydrogens (tertiary/aromatic N) is 6. The third-order valence-electron chi connectivity index (χ3n) is 7.56. The lowest BCUT2D eigenvalue weighted by molar-refractivity contribution is -0.130. The molecule has 10 heteroatoms. The Balaban J connectivity index is 1.17. The summed E-state index contributed by atoms with van der Waals surface area (Å²) in [7, 11) is 1.68. The van der Waals surface area contributed by atoms with Gasteiger partial charge in [-0.3, -0.25) is 14.5 Å². The summed E-state index contributed by atoms with van der Waals surface area (Å²) in [6.07, 6.45) is 0. The number of carbonyl (C=O) groups excluding carboxylic acids is 2. The Hall–Kier alpha value is -3.47. The highest BCUT2D eigenvalue weighted by molar-refractivity contribution is 7.98. The molecule has 9 nitrogen and oxygen atoms in total. The topological polar surface area (TPSA) is 82.1 Å². The molecule has 2 saturated heterocycles. The van der Waals surface area contributed by atoms with Crippen LogP contribution in [0.15, 0.2) is 65.8 Å². The molecule has 0 unspecified atom stereocenters. The number of amides is 2. The normalized spacial score (nSPS) is 16.2. The van der Waals surface area contributed by atoms with E-state index in [4.69, 9.17) is 14.7 Å². The minimum absolute atomic E-state index is 0.0107. The van der Waals surface area contributed by atoms with Gasteiger partial charge in [-0.2, -0.15) is 0 Å². The van der Waals surface area contributed by atoms with E-state index in [0.29, 0.717) is 44.1 Å². The summed E-state index contributed by atoms with van der Waals surface area (Å²) in [5.74, 6) is 1.72. The van der Waals surface area contributed by atoms with Crippen molar-refractivity contribution >= 4 is 29.4 Å². The fourth-order valence-corrected chi connectivity index (χ4v) is 6.01. The average Bonchev–Trinajstić information content (AvgIpc) is 3.01. The predicted molar refractivity (Wildman–Crippen MR) is 161 cm³/mol. The Morgan fingerprint density at radius 2 is 1.51 bits per heavy atom. The van der Waals surface area contributed by atoms with Crippen LogP contribution in [0.3, 0.4) is 0 Å². The van der Waals surface area contributed by atoms with Gasteiger partial charge in [0.1, 0.15) is 5.82 Å². The number of anilines is 1. The monoisotopic (exact) mass is 574 g/mol. The molecule has 2 aliphatic heterocycles. The minimum atomic E-state index is 0.0107. The van der Waals surface area contributed by atoms with Crippen molar-refractivity contribution < 1.29 is 14.3 Å². The molecule has 2 aromatic carbocycles. The Labute approximate surface area is 246 Å². The van der Waals surface area contributed by atoms with Crippen molar-refractivity contribution in [1.82, 2.24) is 24.7 Å². The molecule has 3 aromatic rings. The van der Waals surface area contributed by atoms with Gasteiger partial charge < -0.3 is 19.4 Å². The van der Waals surface area contributed by atoms with E-state index in [-0.39, 0.29) is 11.8 Å². The second kappa shape index (κ2) is 13.9. The van der Waals surface area contributed by atoms with Crippen LogP contribution >= 0.6 is 11.8 Å². The standard InChI is InChI=1S/C31H38N6O3S/c1-24(38)35-16-18-37(19-17-35)30(39)27-10-8-26(9-11-27)23-41-31-32-28(22-40-2)20-29(33-31)36-14-12-34(13-15-36)21-25-6-4-3-5-7-25/h3-11,20H,12-19,21-23H2,1-2H3. The van der Waals surface area contributed by atoms with Gasteiger partial charge in [-0.05, 0) is 23.3 Å². The maximum Gasteiger partial charge on any atom is 0.253 e. The summed E-state index contributed by atoms with van der Waals surface area (Å²) >= 11 is 1.59. The lowest BCUT2D eigenvalue weighted by Crippen LogP contribution is -2.50. The SMILES string of the molecule is COCc1cc(N2CCN(Cc3ccccc3)CC2)nc(SCc2ccc(C(=O)N3CCN(C(C)=O)CC3)cc2)n1. The lowest BCUT2D eigenvalue weighted by Gasteiger charge is -2.35. The van der Waals surface area contributed by atoms with Gasteiger partial charge in [0.25, 0.3) is 5.91 Å². The Kier molecular flexibility index (Phi) is 9.87. The average molecular weight is 575 g/mol. The van der Waals surface area contributed by atoms with Crippen LogP contribution in [0.4, 0.5) is 5.82 Å². The van der Waals surface area contributed by atoms with E-state index in [2.05, 4.69) is 40.1 Å². The maximum absolute atomic E-state index is 12.9. The molecular weight excluding hydrogens is 536 g/mol. The van der Waals surface area contributed by atoms with Crippen molar-refractivity contribution in [2.45, 2.75) is 31.0 Å². The second-order valence-electron chi connectivity index (χ2n) is 10.5. The Bertz CT molecular complexity index is 1310. The summed E-state index contributed by atoms with van der Waals surface area (Å²) in [6, 6.07) is 20.4. The summed E-state index contributed by atoms with van der Waals surface area (Å²) < 4.78 is 5.39. The minimum Gasteiger partial charge on any atom is -0.378 e. The van der Waals surface area contributed by atoms with Crippen LogP contribution in [0.5, 0.6) is 0 Å². The first-order chi connectivity index (χ1) is 20.0. The van der Waals surface area contributed by atoms with Crippen molar-refractivity contribution in [3.05, 3.63) is 83.0 Å². The van der Waals surface area contributed by atoms with Crippen molar-refractivity contribution in [3.63, 3.8) is 0 Å². The number of methoxy groups -OCH3 is 1. The molecule has 0 spiro atoms. The first-order valence-electron chi connectivity index (χ1n) is 14.1. The molecule has 1 aromatic heterocycles. The highest BCUT2D eigenvalue weighted by atomic mass is 32.2. The van der Waals surface area contributed by atoms with Crippen LogP contribution in [0.25, 0.3) is 0 Å². The van der Waals surface area contributed by atoms with Crippen molar-refractivity contribution in [1.29, 1.82) is 0 Å². The molecule has 0 atom stereocenters. The van der Waals surface area contributed by atoms with Crippen molar-refractivity contribution in [2.75, 3.05) is 64.4 Å². The van der Waals surface area contributed by atoms with Gasteiger partial charge in [0, 0.05) is 90.3 Å². The smallest absolute Gasteiger partial charge is 0.253 e. The highest BCUT2D eigenvalue weighted by Crippen LogP contribution is 2.25. The molecule has 41 heavy (non-hydrogen) atoms. The molecule has 0 saturated carbocycles. The summed E-state index contributed by atoms with van der Waals surface area (Å²) in [4.78, 5) is 42.6. The number of piperazine rings is 2. The Morgan fingerprint density at radius 1 is 0.829 bits per heavy atom. The molecule has 2 fully saturated rings. The van der Waals surface area contributed by atoms with E-state index in [0.717, 1.165) is 55.0 Å². The second-order valence-corrected chi connectivity index (χ2v) is 11.4.